The van der Waals surface area contributed by atoms with Crippen molar-refractivity contribution in [2.45, 2.75) is 19.9 Å². The molecule has 2 aromatic rings. The van der Waals surface area contributed by atoms with E-state index in [1.165, 1.54) is 17.7 Å². The molecule has 0 saturated carbocycles. The van der Waals surface area contributed by atoms with Gasteiger partial charge < -0.3 is 5.32 Å². The lowest BCUT2D eigenvalue weighted by Gasteiger charge is -2.07. The van der Waals surface area contributed by atoms with Crippen LogP contribution in [0.3, 0.4) is 0 Å². The smallest absolute Gasteiger partial charge is 0.251 e. The Balaban J connectivity index is 2.00. The summed E-state index contributed by atoms with van der Waals surface area (Å²) in [6.07, 6.45) is 0.938. The van der Waals surface area contributed by atoms with Crippen molar-refractivity contribution >= 4 is 17.5 Å². The summed E-state index contributed by atoms with van der Waals surface area (Å²) in [6, 6.07) is 11.6. The molecule has 0 aliphatic heterocycles. The maximum atomic E-state index is 12.9. The second-order valence-electron chi connectivity index (χ2n) is 4.47. The minimum absolute atomic E-state index is 0.173. The van der Waals surface area contributed by atoms with Gasteiger partial charge in [0.15, 0.2) is 0 Å². The molecule has 0 aliphatic rings. The first-order valence-corrected chi connectivity index (χ1v) is 6.79. The molecule has 0 saturated heterocycles. The number of rotatable bonds is 4. The van der Waals surface area contributed by atoms with Gasteiger partial charge in [0.2, 0.25) is 0 Å². The van der Waals surface area contributed by atoms with Crippen molar-refractivity contribution in [3.05, 3.63) is 70.0 Å². The highest BCUT2D eigenvalue weighted by molar-refractivity contribution is 6.31. The van der Waals surface area contributed by atoms with Gasteiger partial charge in [0, 0.05) is 17.1 Å². The van der Waals surface area contributed by atoms with Crippen LogP contribution in [0.4, 0.5) is 4.39 Å². The Bertz CT molecular complexity index is 610. The highest BCUT2D eigenvalue weighted by Gasteiger charge is 2.07. The molecule has 0 aliphatic carbocycles. The molecule has 1 amide bonds. The number of nitrogens with one attached hydrogen (secondary N) is 1. The van der Waals surface area contributed by atoms with Crippen molar-refractivity contribution in [3.63, 3.8) is 0 Å². The highest BCUT2D eigenvalue weighted by atomic mass is 35.5. The summed E-state index contributed by atoms with van der Waals surface area (Å²) >= 11 is 5.91. The summed E-state index contributed by atoms with van der Waals surface area (Å²) in [5.41, 5.74) is 2.47. The molecule has 0 aromatic heterocycles. The molecular formula is C16H15ClFNO. The zero-order valence-corrected chi connectivity index (χ0v) is 11.9. The normalized spacial score (nSPS) is 10.3. The van der Waals surface area contributed by atoms with Gasteiger partial charge in [0.05, 0.1) is 0 Å². The van der Waals surface area contributed by atoms with Gasteiger partial charge in [-0.1, -0.05) is 36.7 Å². The summed E-state index contributed by atoms with van der Waals surface area (Å²) < 4.78 is 12.9. The minimum atomic E-state index is -0.389. The number of benzene rings is 2. The molecule has 0 atom stereocenters. The Labute approximate surface area is 122 Å². The van der Waals surface area contributed by atoms with Gasteiger partial charge in [0.1, 0.15) is 5.82 Å². The highest BCUT2D eigenvalue weighted by Crippen LogP contribution is 2.17. The van der Waals surface area contributed by atoms with Crippen LogP contribution in [-0.2, 0) is 13.0 Å². The Kier molecular flexibility index (Phi) is 4.74. The van der Waals surface area contributed by atoms with E-state index in [9.17, 15) is 9.18 Å². The van der Waals surface area contributed by atoms with Crippen molar-refractivity contribution in [2.24, 2.45) is 0 Å². The predicted molar refractivity (Wildman–Crippen MR) is 78.4 cm³/mol. The average Bonchev–Trinajstić information content (AvgIpc) is 2.46. The zero-order valence-electron chi connectivity index (χ0n) is 11.1. The molecule has 0 fully saturated rings. The van der Waals surface area contributed by atoms with Gasteiger partial charge in [-0.2, -0.15) is 0 Å². The predicted octanol–water partition coefficient (Wildman–Crippen LogP) is 3.97. The Hall–Kier alpha value is -1.87. The fourth-order valence-electron chi connectivity index (χ4n) is 1.83. The second-order valence-corrected chi connectivity index (χ2v) is 4.88. The molecular weight excluding hydrogens is 277 g/mol. The topological polar surface area (TPSA) is 29.1 Å². The van der Waals surface area contributed by atoms with E-state index in [1.54, 1.807) is 18.2 Å². The molecule has 0 unspecified atom stereocenters. The monoisotopic (exact) mass is 291 g/mol. The number of carbonyl (C=O) groups excluding carboxylic acids is 1. The Morgan fingerprint density at radius 1 is 1.20 bits per heavy atom. The Morgan fingerprint density at radius 2 is 1.90 bits per heavy atom. The van der Waals surface area contributed by atoms with Crippen molar-refractivity contribution in [3.8, 4) is 0 Å². The second kappa shape index (κ2) is 6.53. The van der Waals surface area contributed by atoms with Gasteiger partial charge in [-0.3, -0.25) is 4.79 Å². The van der Waals surface area contributed by atoms with E-state index < -0.39 is 0 Å². The van der Waals surface area contributed by atoms with Crippen LogP contribution in [0.5, 0.6) is 0 Å². The van der Waals surface area contributed by atoms with E-state index in [2.05, 4.69) is 12.2 Å². The van der Waals surface area contributed by atoms with Crippen LogP contribution in [0, 0.1) is 5.82 Å². The fraction of sp³-hybridized carbons (Fsp3) is 0.188. The molecule has 0 radical (unpaired) electrons. The average molecular weight is 292 g/mol. The first-order valence-electron chi connectivity index (χ1n) is 6.41. The van der Waals surface area contributed by atoms with Crippen LogP contribution in [0.15, 0.2) is 42.5 Å². The van der Waals surface area contributed by atoms with Crippen molar-refractivity contribution in [1.29, 1.82) is 0 Å². The summed E-state index contributed by atoms with van der Waals surface area (Å²) in [5, 5.41) is 3.08. The van der Waals surface area contributed by atoms with Crippen molar-refractivity contribution < 1.29 is 9.18 Å². The van der Waals surface area contributed by atoms with E-state index >= 15 is 0 Å². The largest absolute Gasteiger partial charge is 0.348 e. The molecule has 2 nitrogen and oxygen atoms in total. The van der Waals surface area contributed by atoms with E-state index in [0.717, 1.165) is 6.42 Å². The fourth-order valence-corrected chi connectivity index (χ4v) is 2.07. The van der Waals surface area contributed by atoms with Gasteiger partial charge in [0.25, 0.3) is 5.91 Å². The summed E-state index contributed by atoms with van der Waals surface area (Å²) in [7, 11) is 0. The zero-order chi connectivity index (χ0) is 14.5. The molecule has 4 heteroatoms. The van der Waals surface area contributed by atoms with Gasteiger partial charge in [-0.05, 0) is 41.8 Å². The van der Waals surface area contributed by atoms with Crippen LogP contribution in [0.2, 0.25) is 5.02 Å². The third kappa shape index (κ3) is 3.58. The first kappa shape index (κ1) is 14.5. The van der Waals surface area contributed by atoms with Crippen molar-refractivity contribution in [2.75, 3.05) is 0 Å². The van der Waals surface area contributed by atoms with Crippen molar-refractivity contribution in [1.82, 2.24) is 5.32 Å². The van der Waals surface area contributed by atoms with E-state index in [1.807, 2.05) is 12.1 Å². The lowest BCUT2D eigenvalue weighted by Crippen LogP contribution is -2.22. The SMILES string of the molecule is CCc1ccc(C(=O)NCc2ccc(F)cc2Cl)cc1. The van der Waals surface area contributed by atoms with Crippen LogP contribution in [-0.4, -0.2) is 5.91 Å². The number of aryl methyl sites for hydroxylation is 1. The standard InChI is InChI=1S/C16H15ClFNO/c1-2-11-3-5-12(6-4-11)16(20)19-10-13-7-8-14(18)9-15(13)17/h3-9H,2,10H2,1H3,(H,19,20). The quantitative estimate of drug-likeness (QED) is 0.907. The molecule has 104 valence electrons. The van der Waals surface area contributed by atoms with Crippen LogP contribution in [0.1, 0.15) is 28.4 Å². The molecule has 0 spiro atoms. The summed E-state index contributed by atoms with van der Waals surface area (Å²) in [6.45, 7) is 2.33. The van der Waals surface area contributed by atoms with Crippen LogP contribution < -0.4 is 5.32 Å². The maximum absolute atomic E-state index is 12.9. The lowest BCUT2D eigenvalue weighted by molar-refractivity contribution is 0.0951. The molecule has 0 bridgehead atoms. The molecule has 20 heavy (non-hydrogen) atoms. The number of hydrogen-bond acceptors (Lipinski definition) is 1. The Morgan fingerprint density at radius 3 is 2.50 bits per heavy atom. The third-order valence-corrected chi connectivity index (χ3v) is 3.43. The number of hydrogen-bond donors (Lipinski definition) is 1. The number of halogens is 2. The summed E-state index contributed by atoms with van der Waals surface area (Å²) in [5.74, 6) is -0.562. The number of carbonyl (C=O) groups is 1. The summed E-state index contributed by atoms with van der Waals surface area (Å²) in [4.78, 5) is 12.0. The van der Waals surface area contributed by atoms with E-state index in [4.69, 9.17) is 11.6 Å². The van der Waals surface area contributed by atoms with Crippen LogP contribution in [0.25, 0.3) is 0 Å². The third-order valence-electron chi connectivity index (χ3n) is 3.08. The molecule has 1 N–H and O–H groups in total. The minimum Gasteiger partial charge on any atom is -0.348 e. The van der Waals surface area contributed by atoms with Crippen LogP contribution >= 0.6 is 11.6 Å². The van der Waals surface area contributed by atoms with E-state index in [-0.39, 0.29) is 18.3 Å². The number of amides is 1. The van der Waals surface area contributed by atoms with E-state index in [0.29, 0.717) is 16.1 Å². The first-order chi connectivity index (χ1) is 9.60. The molecule has 0 heterocycles. The maximum Gasteiger partial charge on any atom is 0.251 e. The van der Waals surface area contributed by atoms with Gasteiger partial charge in [-0.25, -0.2) is 4.39 Å². The van der Waals surface area contributed by atoms with Gasteiger partial charge in [-0.15, -0.1) is 0 Å². The lowest BCUT2D eigenvalue weighted by atomic mass is 10.1. The molecule has 2 rings (SSSR count). The van der Waals surface area contributed by atoms with Gasteiger partial charge >= 0.3 is 0 Å². The molecule has 2 aromatic carbocycles.